The molecule has 0 N–H and O–H groups in total. The average molecular weight is 560 g/mol. The Kier molecular flexibility index (Phi) is 7.22. The predicted octanol–water partition coefficient (Wildman–Crippen LogP) is 4.28. The normalized spacial score (nSPS) is 15.0. The molecule has 1 aliphatic rings. The Morgan fingerprint density at radius 2 is 1.93 bits per heavy atom. The number of fused-ring (bicyclic) bond motifs is 1. The number of esters is 1. The highest BCUT2D eigenvalue weighted by Gasteiger charge is 2.33. The Morgan fingerprint density at radius 1 is 1.18 bits per heavy atom. The standard InChI is InChI=1S/C29H25N3O7S/c1-5-38-28(34)25-17(3)30-29-31(26(25)18-8-6-16(2)7-9-18)27(33)24(40-29)15-20-11-13-22(39-20)21-12-10-19(32(35)36)14-23(21)37-4/h6-15,26H,5H2,1-4H3/b24-15+/t26-/m0/s1. The maximum absolute atomic E-state index is 13.8. The monoisotopic (exact) mass is 559 g/mol. The molecule has 40 heavy (non-hydrogen) atoms. The van der Waals surface area contributed by atoms with Gasteiger partial charge in [-0.2, -0.15) is 0 Å². The number of ether oxygens (including phenoxy) is 2. The largest absolute Gasteiger partial charge is 0.496 e. The molecule has 4 aromatic rings. The summed E-state index contributed by atoms with van der Waals surface area (Å²) in [4.78, 5) is 42.4. The lowest BCUT2D eigenvalue weighted by Gasteiger charge is -2.24. The average Bonchev–Trinajstić information content (AvgIpc) is 3.52. The maximum atomic E-state index is 13.8. The van der Waals surface area contributed by atoms with Crippen molar-refractivity contribution >= 4 is 29.1 Å². The molecule has 1 aliphatic heterocycles. The van der Waals surface area contributed by atoms with Crippen LogP contribution in [0.4, 0.5) is 5.69 Å². The number of hydrogen-bond donors (Lipinski definition) is 0. The van der Waals surface area contributed by atoms with Crippen LogP contribution in [-0.2, 0) is 9.53 Å². The molecule has 0 unspecified atom stereocenters. The summed E-state index contributed by atoms with van der Waals surface area (Å²) in [7, 11) is 1.42. The van der Waals surface area contributed by atoms with E-state index in [9.17, 15) is 19.7 Å². The van der Waals surface area contributed by atoms with Gasteiger partial charge >= 0.3 is 5.97 Å². The van der Waals surface area contributed by atoms with E-state index in [0.717, 1.165) is 11.1 Å². The third-order valence-electron chi connectivity index (χ3n) is 6.47. The molecule has 2 aromatic heterocycles. The number of furan rings is 1. The van der Waals surface area contributed by atoms with Crippen LogP contribution in [0, 0.1) is 17.0 Å². The summed E-state index contributed by atoms with van der Waals surface area (Å²) < 4.78 is 18.5. The van der Waals surface area contributed by atoms with E-state index >= 15 is 0 Å². The molecule has 204 valence electrons. The predicted molar refractivity (Wildman–Crippen MR) is 149 cm³/mol. The highest BCUT2D eigenvalue weighted by molar-refractivity contribution is 7.07. The zero-order chi connectivity index (χ0) is 28.6. The number of aromatic nitrogens is 1. The Morgan fingerprint density at radius 3 is 2.60 bits per heavy atom. The van der Waals surface area contributed by atoms with Crippen LogP contribution in [-0.4, -0.2) is 29.2 Å². The summed E-state index contributed by atoms with van der Waals surface area (Å²) in [6.45, 7) is 5.63. The molecule has 3 heterocycles. The van der Waals surface area contributed by atoms with E-state index in [0.29, 0.717) is 37.7 Å². The minimum Gasteiger partial charge on any atom is -0.496 e. The van der Waals surface area contributed by atoms with E-state index in [-0.39, 0.29) is 23.6 Å². The Balaban J connectivity index is 1.61. The molecule has 0 fully saturated rings. The molecular formula is C29H25N3O7S. The zero-order valence-corrected chi connectivity index (χ0v) is 23.0. The van der Waals surface area contributed by atoms with Crippen molar-refractivity contribution in [1.29, 1.82) is 0 Å². The summed E-state index contributed by atoms with van der Waals surface area (Å²) >= 11 is 1.19. The molecule has 1 atom stereocenters. The topological polar surface area (TPSA) is 126 Å². The first-order valence-corrected chi connectivity index (χ1v) is 13.2. The van der Waals surface area contributed by atoms with Gasteiger partial charge < -0.3 is 13.9 Å². The van der Waals surface area contributed by atoms with Gasteiger partial charge in [-0.25, -0.2) is 9.79 Å². The molecule has 0 saturated heterocycles. The number of allylic oxidation sites excluding steroid dienone is 1. The van der Waals surface area contributed by atoms with Crippen molar-refractivity contribution < 1.29 is 23.6 Å². The summed E-state index contributed by atoms with van der Waals surface area (Å²) in [5.74, 6) is 0.587. The van der Waals surface area contributed by atoms with Crippen LogP contribution in [0.5, 0.6) is 5.75 Å². The van der Waals surface area contributed by atoms with Crippen molar-refractivity contribution in [3.8, 4) is 17.1 Å². The van der Waals surface area contributed by atoms with Crippen molar-refractivity contribution in [2.75, 3.05) is 13.7 Å². The summed E-state index contributed by atoms with van der Waals surface area (Å²) in [6, 6.07) is 14.6. The lowest BCUT2D eigenvalue weighted by Crippen LogP contribution is -2.39. The second-order valence-electron chi connectivity index (χ2n) is 9.06. The smallest absolute Gasteiger partial charge is 0.338 e. The molecule has 2 aromatic carbocycles. The van der Waals surface area contributed by atoms with Gasteiger partial charge in [0.1, 0.15) is 17.3 Å². The maximum Gasteiger partial charge on any atom is 0.338 e. The lowest BCUT2D eigenvalue weighted by molar-refractivity contribution is -0.384. The van der Waals surface area contributed by atoms with E-state index in [1.807, 2.05) is 31.2 Å². The van der Waals surface area contributed by atoms with E-state index in [1.165, 1.54) is 35.1 Å². The van der Waals surface area contributed by atoms with Crippen LogP contribution >= 0.6 is 11.3 Å². The summed E-state index contributed by atoms with van der Waals surface area (Å²) in [6.07, 6.45) is 1.61. The van der Waals surface area contributed by atoms with Gasteiger partial charge in [0, 0.05) is 12.1 Å². The fraction of sp³-hybridized carbons (Fsp3) is 0.207. The molecule has 0 spiro atoms. The van der Waals surface area contributed by atoms with Crippen LogP contribution < -0.4 is 19.6 Å². The van der Waals surface area contributed by atoms with Crippen molar-refractivity contribution in [3.63, 3.8) is 0 Å². The molecule has 0 amide bonds. The number of nitro groups is 1. The number of nitro benzene ring substituents is 1. The van der Waals surface area contributed by atoms with Crippen LogP contribution in [0.15, 0.2) is 80.1 Å². The molecule has 5 rings (SSSR count). The Hall–Kier alpha value is -4.77. The minimum absolute atomic E-state index is 0.103. The highest BCUT2D eigenvalue weighted by Crippen LogP contribution is 2.34. The van der Waals surface area contributed by atoms with Gasteiger partial charge in [-0.15, -0.1) is 0 Å². The van der Waals surface area contributed by atoms with Crippen LogP contribution in [0.25, 0.3) is 17.4 Å². The number of thiazole rings is 1. The molecule has 10 nitrogen and oxygen atoms in total. The first-order valence-electron chi connectivity index (χ1n) is 12.4. The second kappa shape index (κ2) is 10.8. The molecule has 0 bridgehead atoms. The minimum atomic E-state index is -0.699. The summed E-state index contributed by atoms with van der Waals surface area (Å²) in [5.41, 5.74) is 2.72. The van der Waals surface area contributed by atoms with E-state index in [2.05, 4.69) is 4.99 Å². The third-order valence-corrected chi connectivity index (χ3v) is 7.45. The van der Waals surface area contributed by atoms with Crippen molar-refractivity contribution in [2.45, 2.75) is 26.8 Å². The fourth-order valence-electron chi connectivity index (χ4n) is 4.56. The van der Waals surface area contributed by atoms with E-state index < -0.39 is 16.9 Å². The third kappa shape index (κ3) is 4.87. The summed E-state index contributed by atoms with van der Waals surface area (Å²) in [5, 5.41) is 11.1. The number of methoxy groups -OCH3 is 1. The van der Waals surface area contributed by atoms with Crippen LogP contribution in [0.1, 0.15) is 36.8 Å². The molecule has 11 heteroatoms. The number of carbonyl (C=O) groups is 1. The molecule has 0 saturated carbocycles. The van der Waals surface area contributed by atoms with Gasteiger partial charge in [-0.3, -0.25) is 19.5 Å². The van der Waals surface area contributed by atoms with Gasteiger partial charge in [0.25, 0.3) is 11.2 Å². The van der Waals surface area contributed by atoms with Crippen molar-refractivity contribution in [3.05, 3.63) is 113 Å². The van der Waals surface area contributed by atoms with Gasteiger partial charge in [0.15, 0.2) is 4.80 Å². The number of carbonyl (C=O) groups excluding carboxylic acids is 1. The lowest BCUT2D eigenvalue weighted by atomic mass is 9.95. The molecular weight excluding hydrogens is 534 g/mol. The Labute approximate surface area is 232 Å². The fourth-order valence-corrected chi connectivity index (χ4v) is 5.58. The zero-order valence-electron chi connectivity index (χ0n) is 22.2. The number of benzene rings is 2. The SMILES string of the molecule is CCOC(=O)C1=C(C)N=c2s/c(=C/c3ccc(-c4ccc([N+](=O)[O-])cc4OC)o3)c(=O)n2[C@H]1c1ccc(C)cc1. The number of non-ortho nitro benzene ring substituents is 1. The van der Waals surface area contributed by atoms with Gasteiger partial charge in [-0.05, 0) is 44.5 Å². The number of rotatable bonds is 7. The second-order valence-corrected chi connectivity index (χ2v) is 10.1. The Bertz CT molecular complexity index is 1850. The number of nitrogens with zero attached hydrogens (tertiary/aromatic N) is 3. The quantitative estimate of drug-likeness (QED) is 0.188. The highest BCUT2D eigenvalue weighted by atomic mass is 32.1. The van der Waals surface area contributed by atoms with Crippen LogP contribution in [0.2, 0.25) is 0 Å². The van der Waals surface area contributed by atoms with Gasteiger partial charge in [0.05, 0.1) is 52.1 Å². The first-order chi connectivity index (χ1) is 19.2. The van der Waals surface area contributed by atoms with Gasteiger partial charge in [-0.1, -0.05) is 41.2 Å². The van der Waals surface area contributed by atoms with Gasteiger partial charge in [0.2, 0.25) is 0 Å². The van der Waals surface area contributed by atoms with E-state index in [4.69, 9.17) is 13.9 Å². The first kappa shape index (κ1) is 26.8. The molecule has 0 aliphatic carbocycles. The van der Waals surface area contributed by atoms with Crippen LogP contribution in [0.3, 0.4) is 0 Å². The number of hydrogen-bond acceptors (Lipinski definition) is 9. The van der Waals surface area contributed by atoms with Crippen molar-refractivity contribution in [1.82, 2.24) is 4.57 Å². The van der Waals surface area contributed by atoms with Crippen molar-refractivity contribution in [2.24, 2.45) is 4.99 Å². The number of aryl methyl sites for hydroxylation is 1. The molecule has 0 radical (unpaired) electrons. The van der Waals surface area contributed by atoms with E-state index in [1.54, 1.807) is 38.1 Å².